The van der Waals surface area contributed by atoms with Crippen molar-refractivity contribution in [1.82, 2.24) is 0 Å². The lowest BCUT2D eigenvalue weighted by atomic mass is 10.2. The Morgan fingerprint density at radius 1 is 1.10 bits per heavy atom. The summed E-state index contributed by atoms with van der Waals surface area (Å²) in [6.07, 6.45) is 0. The van der Waals surface area contributed by atoms with Gasteiger partial charge in [0.15, 0.2) is 0 Å². The molecule has 0 rings (SSSR count). The van der Waals surface area contributed by atoms with Crippen LogP contribution in [0.25, 0.3) is 0 Å². The molecule has 1 nitrogen and oxygen atoms in total. The van der Waals surface area contributed by atoms with Gasteiger partial charge in [-0.25, -0.2) is 0 Å². The first-order valence-electron chi connectivity index (χ1n) is 4.16. The molecular weight excluding hydrogens is 138 g/mol. The van der Waals surface area contributed by atoms with Crippen LogP contribution in [0.1, 0.15) is 34.6 Å². The van der Waals surface area contributed by atoms with Crippen molar-refractivity contribution in [3.05, 3.63) is 0 Å². The highest BCUT2D eigenvalue weighted by molar-refractivity contribution is 6.79. The van der Waals surface area contributed by atoms with Crippen molar-refractivity contribution in [2.24, 2.45) is 5.40 Å². The summed E-state index contributed by atoms with van der Waals surface area (Å²) in [5.41, 5.74) is 0. The average molecular weight is 159 g/mol. The van der Waals surface area contributed by atoms with Gasteiger partial charge in [0.05, 0.1) is 0 Å². The lowest BCUT2D eigenvalue weighted by Gasteiger charge is -2.37. The van der Waals surface area contributed by atoms with Gasteiger partial charge in [0.1, 0.15) is 8.24 Å². The topological polar surface area (TPSA) is 26.0 Å². The minimum atomic E-state index is -1.40. The second kappa shape index (κ2) is 3.05. The fraction of sp³-hybridized carbons (Fsp3) is 1.00. The summed E-state index contributed by atoms with van der Waals surface area (Å²) in [5.74, 6) is 0. The van der Waals surface area contributed by atoms with E-state index in [1.165, 1.54) is 12.1 Å². The first-order valence-corrected chi connectivity index (χ1v) is 6.65. The van der Waals surface area contributed by atoms with E-state index in [2.05, 4.69) is 34.6 Å². The van der Waals surface area contributed by atoms with Crippen LogP contribution in [0.15, 0.2) is 0 Å². The second-order valence-corrected chi connectivity index (χ2v) is 9.34. The van der Waals surface area contributed by atoms with Crippen molar-refractivity contribution in [1.29, 1.82) is 0 Å². The first kappa shape index (κ1) is 10.2. The van der Waals surface area contributed by atoms with Gasteiger partial charge in [-0.2, -0.15) is 0 Å². The highest BCUT2D eigenvalue weighted by Crippen LogP contribution is 2.36. The van der Waals surface area contributed by atoms with E-state index >= 15 is 0 Å². The predicted molar refractivity (Wildman–Crippen MR) is 50.6 cm³/mol. The van der Waals surface area contributed by atoms with Gasteiger partial charge in [0.25, 0.3) is 0 Å². The Morgan fingerprint density at radius 3 is 1.40 bits per heavy atom. The summed E-state index contributed by atoms with van der Waals surface area (Å²) in [6.45, 7) is 11.3. The van der Waals surface area contributed by atoms with Crippen LogP contribution in [0.2, 0.25) is 17.1 Å². The van der Waals surface area contributed by atoms with Gasteiger partial charge in [0.2, 0.25) is 0 Å². The third-order valence-corrected chi connectivity index (χ3v) is 8.27. The Hall–Kier alpha value is 0.177. The normalized spacial score (nSPS) is 13.8. The molecule has 0 spiro atoms. The second-order valence-electron chi connectivity index (χ2n) is 4.11. The van der Waals surface area contributed by atoms with E-state index in [0.717, 1.165) is 0 Å². The molecule has 10 heavy (non-hydrogen) atoms. The zero-order valence-electron chi connectivity index (χ0n) is 7.99. The van der Waals surface area contributed by atoms with Crippen LogP contribution in [0, 0.1) is 0 Å². The zero-order valence-corrected chi connectivity index (χ0v) is 8.99. The Balaban J connectivity index is 4.33. The summed E-state index contributed by atoms with van der Waals surface area (Å²) in [5, 5.41) is 6.68. The molecule has 0 aromatic carbocycles. The van der Waals surface area contributed by atoms with Crippen LogP contribution in [0.5, 0.6) is 0 Å². The predicted octanol–water partition coefficient (Wildman–Crippen LogP) is 2.73. The molecule has 0 fully saturated rings. The largest absolute Gasteiger partial charge is 0.350 e. The Kier molecular flexibility index (Phi) is 3.11. The summed E-state index contributed by atoms with van der Waals surface area (Å²) in [7, 11) is -1.40. The van der Waals surface area contributed by atoms with Crippen molar-refractivity contribution in [3.8, 4) is 0 Å². The van der Waals surface area contributed by atoms with E-state index < -0.39 is 8.24 Å². The number of hydrogen-bond donors (Lipinski definition) is 1. The van der Waals surface area contributed by atoms with E-state index in [9.17, 15) is 0 Å². The molecule has 0 amide bonds. The fourth-order valence-corrected chi connectivity index (χ4v) is 3.93. The van der Waals surface area contributed by atoms with E-state index in [4.69, 9.17) is 5.40 Å². The summed E-state index contributed by atoms with van der Waals surface area (Å²) in [4.78, 5) is 0. The molecule has 0 aromatic rings. The summed E-state index contributed by atoms with van der Waals surface area (Å²) < 4.78 is 0. The van der Waals surface area contributed by atoms with E-state index in [0.29, 0.717) is 5.04 Å². The lowest BCUT2D eigenvalue weighted by Crippen LogP contribution is -2.52. The monoisotopic (exact) mass is 159 g/mol. The summed E-state index contributed by atoms with van der Waals surface area (Å²) >= 11 is 0. The molecule has 0 bridgehead atoms. The van der Waals surface area contributed by atoms with Gasteiger partial charge in [-0.05, 0) is 17.1 Å². The molecule has 0 heterocycles. The van der Waals surface area contributed by atoms with Crippen molar-refractivity contribution in [2.75, 3.05) is 0 Å². The highest BCUT2D eigenvalue weighted by Gasteiger charge is 2.37. The van der Waals surface area contributed by atoms with Crippen LogP contribution >= 0.6 is 0 Å². The zero-order chi connectivity index (χ0) is 8.41. The molecule has 0 unspecified atom stereocenters. The molecule has 0 aliphatic heterocycles. The van der Waals surface area contributed by atoms with Crippen molar-refractivity contribution < 1.29 is 0 Å². The molecule has 0 aliphatic rings. The van der Waals surface area contributed by atoms with Crippen molar-refractivity contribution in [3.63, 3.8) is 0 Å². The van der Waals surface area contributed by atoms with Crippen LogP contribution in [-0.2, 0) is 0 Å². The third kappa shape index (κ3) is 1.83. The van der Waals surface area contributed by atoms with Crippen LogP contribution in [0.4, 0.5) is 0 Å². The maximum absolute atomic E-state index is 6.31. The Morgan fingerprint density at radius 2 is 1.40 bits per heavy atom. The molecule has 2 heteroatoms. The van der Waals surface area contributed by atoms with Gasteiger partial charge in [-0.15, -0.1) is 0 Å². The minimum Gasteiger partial charge on any atom is -0.350 e. The quantitative estimate of drug-likeness (QED) is 0.616. The van der Waals surface area contributed by atoms with Crippen molar-refractivity contribution in [2.45, 2.75) is 51.7 Å². The number of nitrogens with two attached hydrogens (primary N) is 1. The molecule has 0 saturated carbocycles. The SMILES string of the molecule is CC[Si](N)(CC)C(C)(C)C. The minimum absolute atomic E-state index is 0.372. The highest BCUT2D eigenvalue weighted by atomic mass is 28.3. The van der Waals surface area contributed by atoms with E-state index in [1.807, 2.05) is 0 Å². The van der Waals surface area contributed by atoms with E-state index in [-0.39, 0.29) is 0 Å². The van der Waals surface area contributed by atoms with Crippen molar-refractivity contribution >= 4 is 8.24 Å². The number of rotatable bonds is 2. The van der Waals surface area contributed by atoms with Gasteiger partial charge in [-0.1, -0.05) is 34.6 Å². The van der Waals surface area contributed by atoms with Gasteiger partial charge in [-0.3, -0.25) is 0 Å². The van der Waals surface area contributed by atoms with Crippen LogP contribution < -0.4 is 5.40 Å². The van der Waals surface area contributed by atoms with Gasteiger partial charge in [0, 0.05) is 0 Å². The Labute approximate surface area is 66.1 Å². The number of hydrogen-bond acceptors (Lipinski definition) is 1. The van der Waals surface area contributed by atoms with Gasteiger partial charge >= 0.3 is 0 Å². The Bertz CT molecular complexity index is 100. The molecule has 2 N–H and O–H groups in total. The molecular formula is C8H21NSi. The standard InChI is InChI=1S/C8H21NSi/c1-6-10(9,7-2)8(3,4)5/h6-7,9H2,1-5H3. The molecule has 0 aliphatic carbocycles. The maximum Gasteiger partial charge on any atom is 0.127 e. The first-order chi connectivity index (χ1) is 4.37. The van der Waals surface area contributed by atoms with Crippen LogP contribution in [-0.4, -0.2) is 8.24 Å². The van der Waals surface area contributed by atoms with Crippen LogP contribution in [0.3, 0.4) is 0 Å². The molecule has 0 saturated heterocycles. The average Bonchev–Trinajstić information content (AvgIpc) is 1.84. The fourth-order valence-electron chi connectivity index (χ4n) is 1.31. The smallest absolute Gasteiger partial charge is 0.127 e. The molecule has 0 radical (unpaired) electrons. The maximum atomic E-state index is 6.31. The third-order valence-electron chi connectivity index (χ3n) is 2.76. The lowest BCUT2D eigenvalue weighted by molar-refractivity contribution is 0.700. The molecule has 0 atom stereocenters. The summed E-state index contributed by atoms with van der Waals surface area (Å²) in [6, 6.07) is 2.40. The molecule has 62 valence electrons. The van der Waals surface area contributed by atoms with Gasteiger partial charge < -0.3 is 5.40 Å². The van der Waals surface area contributed by atoms with E-state index in [1.54, 1.807) is 0 Å². The molecule has 0 aromatic heterocycles.